The lowest BCUT2D eigenvalue weighted by molar-refractivity contribution is 0.102. The zero-order valence-electron chi connectivity index (χ0n) is 11.3. The highest BCUT2D eigenvalue weighted by atomic mass is 16.5. The molecule has 0 aliphatic carbocycles. The summed E-state index contributed by atoms with van der Waals surface area (Å²) in [5.41, 5.74) is 2.38. The van der Waals surface area contributed by atoms with Crippen LogP contribution >= 0.6 is 0 Å². The van der Waals surface area contributed by atoms with Gasteiger partial charge >= 0.3 is 0 Å². The van der Waals surface area contributed by atoms with E-state index in [1.807, 2.05) is 26.8 Å². The highest BCUT2D eigenvalue weighted by molar-refractivity contribution is 6.06. The maximum absolute atomic E-state index is 12.2. The Morgan fingerprint density at radius 1 is 1.37 bits per heavy atom. The molecule has 0 saturated heterocycles. The van der Waals surface area contributed by atoms with Gasteiger partial charge < -0.3 is 10.1 Å². The largest absolute Gasteiger partial charge is 0.493 e. The van der Waals surface area contributed by atoms with E-state index in [1.165, 1.54) is 0 Å². The molecule has 5 nitrogen and oxygen atoms in total. The predicted octanol–water partition coefficient (Wildman–Crippen LogP) is 2.68. The topological polar surface area (TPSA) is 67.0 Å². The third-order valence-corrected chi connectivity index (χ3v) is 2.92. The number of aromatic nitrogens is 2. The molecule has 0 radical (unpaired) electrons. The van der Waals surface area contributed by atoms with E-state index in [1.54, 1.807) is 18.2 Å². The first-order valence-electron chi connectivity index (χ1n) is 6.18. The van der Waals surface area contributed by atoms with Crippen LogP contribution in [0.4, 0.5) is 5.82 Å². The maximum atomic E-state index is 12.2. The van der Waals surface area contributed by atoms with Gasteiger partial charge in [0.2, 0.25) is 0 Å². The molecule has 0 bridgehead atoms. The molecule has 0 aliphatic rings. The lowest BCUT2D eigenvalue weighted by Gasteiger charge is -2.09. The molecule has 0 atom stereocenters. The summed E-state index contributed by atoms with van der Waals surface area (Å²) in [4.78, 5) is 12.2. The number of rotatable bonds is 4. The van der Waals surface area contributed by atoms with Gasteiger partial charge in [-0.15, -0.1) is 0 Å². The number of para-hydroxylation sites is 1. The Balaban J connectivity index is 2.23. The Bertz CT molecular complexity index is 590. The van der Waals surface area contributed by atoms with Crippen molar-refractivity contribution in [2.24, 2.45) is 0 Å². The van der Waals surface area contributed by atoms with Gasteiger partial charge in [-0.2, -0.15) is 5.10 Å². The second kappa shape index (κ2) is 5.56. The van der Waals surface area contributed by atoms with E-state index in [0.29, 0.717) is 23.7 Å². The fraction of sp³-hybridized carbons (Fsp3) is 0.286. The standard InChI is InChI=1S/C14H17N3O2/c1-4-19-12-8-6-5-7-11(12)14(18)15-13-9(2)10(3)16-17-13/h5-8H,4H2,1-3H3,(H2,15,16,17,18). The number of aryl methyl sites for hydroxylation is 1. The van der Waals surface area contributed by atoms with Gasteiger partial charge in [-0.1, -0.05) is 12.1 Å². The van der Waals surface area contributed by atoms with Gasteiger partial charge in [-0.25, -0.2) is 0 Å². The van der Waals surface area contributed by atoms with E-state index in [2.05, 4.69) is 15.5 Å². The van der Waals surface area contributed by atoms with Crippen molar-refractivity contribution >= 4 is 11.7 Å². The molecule has 0 spiro atoms. The van der Waals surface area contributed by atoms with E-state index in [9.17, 15) is 4.79 Å². The van der Waals surface area contributed by atoms with Crippen molar-refractivity contribution < 1.29 is 9.53 Å². The van der Waals surface area contributed by atoms with E-state index in [4.69, 9.17) is 4.74 Å². The normalized spacial score (nSPS) is 10.3. The van der Waals surface area contributed by atoms with Gasteiger partial charge in [-0.3, -0.25) is 9.89 Å². The van der Waals surface area contributed by atoms with Gasteiger partial charge in [0.05, 0.1) is 12.2 Å². The van der Waals surface area contributed by atoms with E-state index >= 15 is 0 Å². The van der Waals surface area contributed by atoms with Gasteiger partial charge in [0, 0.05) is 11.3 Å². The van der Waals surface area contributed by atoms with Crippen LogP contribution in [0, 0.1) is 13.8 Å². The van der Waals surface area contributed by atoms with Crippen molar-refractivity contribution in [1.29, 1.82) is 0 Å². The first-order valence-corrected chi connectivity index (χ1v) is 6.18. The van der Waals surface area contributed by atoms with Crippen LogP contribution in [0.1, 0.15) is 28.5 Å². The van der Waals surface area contributed by atoms with E-state index < -0.39 is 0 Å². The number of anilines is 1. The quantitative estimate of drug-likeness (QED) is 0.887. The number of ether oxygens (including phenoxy) is 1. The molecule has 1 aromatic heterocycles. The Hall–Kier alpha value is -2.30. The minimum Gasteiger partial charge on any atom is -0.493 e. The maximum Gasteiger partial charge on any atom is 0.260 e. The smallest absolute Gasteiger partial charge is 0.260 e. The average Bonchev–Trinajstić information content (AvgIpc) is 2.72. The fourth-order valence-electron chi connectivity index (χ4n) is 1.72. The number of carbonyl (C=O) groups excluding carboxylic acids is 1. The molecule has 0 fully saturated rings. The molecule has 0 aliphatic heterocycles. The number of amides is 1. The van der Waals surface area contributed by atoms with Crippen molar-refractivity contribution in [2.75, 3.05) is 11.9 Å². The van der Waals surface area contributed by atoms with Crippen LogP contribution in [-0.2, 0) is 0 Å². The van der Waals surface area contributed by atoms with E-state index in [-0.39, 0.29) is 5.91 Å². The van der Waals surface area contributed by atoms with Crippen LogP contribution in [0.5, 0.6) is 5.75 Å². The highest BCUT2D eigenvalue weighted by Crippen LogP contribution is 2.20. The average molecular weight is 259 g/mol. The summed E-state index contributed by atoms with van der Waals surface area (Å²) >= 11 is 0. The molecule has 0 unspecified atom stereocenters. The molecular formula is C14H17N3O2. The third kappa shape index (κ3) is 2.76. The molecule has 1 aromatic carbocycles. The molecule has 19 heavy (non-hydrogen) atoms. The second-order valence-corrected chi connectivity index (χ2v) is 4.21. The number of aromatic amines is 1. The summed E-state index contributed by atoms with van der Waals surface area (Å²) in [7, 11) is 0. The Kier molecular flexibility index (Phi) is 3.85. The van der Waals surface area contributed by atoms with Crippen molar-refractivity contribution in [3.05, 3.63) is 41.1 Å². The van der Waals surface area contributed by atoms with Crippen LogP contribution in [-0.4, -0.2) is 22.7 Å². The van der Waals surface area contributed by atoms with Crippen LogP contribution < -0.4 is 10.1 Å². The van der Waals surface area contributed by atoms with Crippen molar-refractivity contribution in [3.8, 4) is 5.75 Å². The molecular weight excluding hydrogens is 242 g/mol. The number of nitrogens with zero attached hydrogens (tertiary/aromatic N) is 1. The zero-order valence-corrected chi connectivity index (χ0v) is 11.3. The van der Waals surface area contributed by atoms with Crippen LogP contribution in [0.25, 0.3) is 0 Å². The lowest BCUT2D eigenvalue weighted by atomic mass is 10.2. The number of carbonyl (C=O) groups is 1. The third-order valence-electron chi connectivity index (χ3n) is 2.92. The number of benzene rings is 1. The van der Waals surface area contributed by atoms with Crippen molar-refractivity contribution in [1.82, 2.24) is 10.2 Å². The molecule has 1 heterocycles. The Morgan fingerprint density at radius 2 is 2.11 bits per heavy atom. The zero-order chi connectivity index (χ0) is 13.8. The molecule has 100 valence electrons. The van der Waals surface area contributed by atoms with Crippen molar-refractivity contribution in [3.63, 3.8) is 0 Å². The molecule has 1 amide bonds. The number of nitrogens with one attached hydrogen (secondary N) is 2. The summed E-state index contributed by atoms with van der Waals surface area (Å²) in [5, 5.41) is 9.68. The summed E-state index contributed by atoms with van der Waals surface area (Å²) in [5.74, 6) is 0.903. The predicted molar refractivity (Wildman–Crippen MR) is 73.6 cm³/mol. The Labute approximate surface area is 112 Å². The summed E-state index contributed by atoms with van der Waals surface area (Å²) < 4.78 is 5.44. The van der Waals surface area contributed by atoms with Gasteiger partial charge in [0.1, 0.15) is 5.75 Å². The minimum absolute atomic E-state index is 0.223. The first-order chi connectivity index (χ1) is 9.13. The first kappa shape index (κ1) is 13.1. The Morgan fingerprint density at radius 3 is 2.74 bits per heavy atom. The molecule has 2 N–H and O–H groups in total. The summed E-state index contributed by atoms with van der Waals surface area (Å²) in [6.45, 7) is 6.22. The number of hydrogen-bond donors (Lipinski definition) is 2. The van der Waals surface area contributed by atoms with Crippen molar-refractivity contribution in [2.45, 2.75) is 20.8 Å². The molecule has 0 saturated carbocycles. The minimum atomic E-state index is -0.223. The summed E-state index contributed by atoms with van der Waals surface area (Å²) in [6.07, 6.45) is 0. The van der Waals surface area contributed by atoms with Crippen LogP contribution in [0.15, 0.2) is 24.3 Å². The van der Waals surface area contributed by atoms with E-state index in [0.717, 1.165) is 11.3 Å². The molecule has 5 heteroatoms. The molecule has 2 aromatic rings. The van der Waals surface area contributed by atoms with Gasteiger partial charge in [-0.05, 0) is 32.9 Å². The lowest BCUT2D eigenvalue weighted by Crippen LogP contribution is -2.14. The number of hydrogen-bond acceptors (Lipinski definition) is 3. The van der Waals surface area contributed by atoms with Crippen LogP contribution in [0.3, 0.4) is 0 Å². The van der Waals surface area contributed by atoms with Gasteiger partial charge in [0.25, 0.3) is 5.91 Å². The monoisotopic (exact) mass is 259 g/mol. The highest BCUT2D eigenvalue weighted by Gasteiger charge is 2.14. The SMILES string of the molecule is CCOc1ccccc1C(=O)Nc1n[nH]c(C)c1C. The second-order valence-electron chi connectivity index (χ2n) is 4.21. The van der Waals surface area contributed by atoms with Gasteiger partial charge in [0.15, 0.2) is 5.82 Å². The summed E-state index contributed by atoms with van der Waals surface area (Å²) in [6, 6.07) is 7.15. The fourth-order valence-corrected chi connectivity index (χ4v) is 1.72. The molecule has 2 rings (SSSR count). The number of H-pyrrole nitrogens is 1. The van der Waals surface area contributed by atoms with Crippen LogP contribution in [0.2, 0.25) is 0 Å².